The molecular weight excluding hydrogens is 232 g/mol. The van der Waals surface area contributed by atoms with E-state index in [1.165, 1.54) is 23.8 Å². The summed E-state index contributed by atoms with van der Waals surface area (Å²) in [5.74, 6) is 1.67. The van der Waals surface area contributed by atoms with E-state index < -0.39 is 0 Å². The smallest absolute Gasteiger partial charge is 0.0704 e. The molecule has 2 heteroatoms. The molecule has 2 aromatic rings. The van der Waals surface area contributed by atoms with Crippen molar-refractivity contribution in [2.24, 2.45) is 11.8 Å². The fourth-order valence-electron chi connectivity index (χ4n) is 3.35. The van der Waals surface area contributed by atoms with Crippen molar-refractivity contribution in [1.82, 2.24) is 4.98 Å². The van der Waals surface area contributed by atoms with Crippen LogP contribution < -0.4 is 0 Å². The Morgan fingerprint density at radius 3 is 2.95 bits per heavy atom. The minimum atomic E-state index is 0.436. The zero-order valence-electron chi connectivity index (χ0n) is 11.3. The summed E-state index contributed by atoms with van der Waals surface area (Å²) in [7, 11) is 0. The van der Waals surface area contributed by atoms with E-state index in [9.17, 15) is 0 Å². The molecule has 3 atom stereocenters. The zero-order chi connectivity index (χ0) is 13.2. The maximum absolute atomic E-state index is 7.61. The van der Waals surface area contributed by atoms with Gasteiger partial charge in [0.2, 0.25) is 0 Å². The molecule has 1 aliphatic carbocycles. The van der Waals surface area contributed by atoms with Gasteiger partial charge >= 0.3 is 0 Å². The van der Waals surface area contributed by atoms with E-state index in [1.54, 1.807) is 6.21 Å². The Morgan fingerprint density at radius 1 is 1.21 bits per heavy atom. The van der Waals surface area contributed by atoms with E-state index in [0.717, 1.165) is 11.9 Å². The summed E-state index contributed by atoms with van der Waals surface area (Å²) in [6.07, 6.45) is 7.08. The normalized spacial score (nSPS) is 27.3. The summed E-state index contributed by atoms with van der Waals surface area (Å²) in [6.45, 7) is 2.27. The van der Waals surface area contributed by atoms with Gasteiger partial charge < -0.3 is 5.41 Å². The van der Waals surface area contributed by atoms with E-state index in [-0.39, 0.29) is 0 Å². The number of hydrogen-bond donors (Lipinski definition) is 1. The monoisotopic (exact) mass is 252 g/mol. The molecule has 0 radical (unpaired) electrons. The molecule has 0 spiro atoms. The fourth-order valence-corrected chi connectivity index (χ4v) is 3.35. The number of fused-ring (bicyclic) bond motifs is 1. The van der Waals surface area contributed by atoms with Crippen LogP contribution in [0.4, 0.5) is 0 Å². The van der Waals surface area contributed by atoms with E-state index in [0.29, 0.717) is 17.8 Å². The first-order valence-corrected chi connectivity index (χ1v) is 7.14. The highest BCUT2D eigenvalue weighted by Crippen LogP contribution is 2.40. The van der Waals surface area contributed by atoms with Gasteiger partial charge in [-0.2, -0.15) is 0 Å². The molecule has 1 aliphatic rings. The summed E-state index contributed by atoms with van der Waals surface area (Å²) < 4.78 is 0. The molecular formula is C17H20N2. The molecule has 1 aromatic heterocycles. The number of benzene rings is 1. The first-order chi connectivity index (χ1) is 9.29. The number of rotatable bonds is 2. The van der Waals surface area contributed by atoms with Gasteiger partial charge in [0, 0.05) is 11.6 Å². The van der Waals surface area contributed by atoms with Gasteiger partial charge in [-0.1, -0.05) is 25.1 Å². The third-order valence-corrected chi connectivity index (χ3v) is 4.59. The molecule has 1 fully saturated rings. The average molecular weight is 252 g/mol. The van der Waals surface area contributed by atoms with Crippen molar-refractivity contribution in [2.75, 3.05) is 0 Å². The van der Waals surface area contributed by atoms with Crippen LogP contribution in [0.2, 0.25) is 0 Å². The Kier molecular flexibility index (Phi) is 3.33. The number of pyridine rings is 1. The van der Waals surface area contributed by atoms with Crippen LogP contribution in [-0.2, 0) is 0 Å². The number of hydrogen-bond acceptors (Lipinski definition) is 2. The Hall–Kier alpha value is -1.70. The molecule has 2 nitrogen and oxygen atoms in total. The summed E-state index contributed by atoms with van der Waals surface area (Å²) in [5, 5.41) is 8.89. The van der Waals surface area contributed by atoms with Crippen LogP contribution in [0.1, 0.15) is 37.7 Å². The molecule has 1 N–H and O–H groups in total. The molecule has 98 valence electrons. The van der Waals surface area contributed by atoms with Crippen LogP contribution in [-0.4, -0.2) is 11.2 Å². The molecule has 19 heavy (non-hydrogen) atoms. The van der Waals surface area contributed by atoms with Crippen molar-refractivity contribution in [3.63, 3.8) is 0 Å². The standard InChI is InChI=1S/C17H20N2/c1-12-7-8-13(10-14(12)11-18)15-4-2-6-17-16(15)5-3-9-19-17/h2-6,9,11-14,18H,7-8,10H2,1H3/t12-,13?,14?/m0/s1. The molecule has 0 amide bonds. The van der Waals surface area contributed by atoms with Crippen LogP contribution in [0.15, 0.2) is 36.5 Å². The van der Waals surface area contributed by atoms with Crippen molar-refractivity contribution < 1.29 is 0 Å². The van der Waals surface area contributed by atoms with Gasteiger partial charge in [0.05, 0.1) is 5.52 Å². The van der Waals surface area contributed by atoms with Crippen molar-refractivity contribution in [3.05, 3.63) is 42.1 Å². The summed E-state index contributed by atoms with van der Waals surface area (Å²) in [6, 6.07) is 10.6. The molecule has 2 unspecified atom stereocenters. The fraction of sp³-hybridized carbons (Fsp3) is 0.412. The molecule has 1 aromatic carbocycles. The number of aromatic nitrogens is 1. The van der Waals surface area contributed by atoms with Crippen LogP contribution in [0.3, 0.4) is 0 Å². The highest BCUT2D eigenvalue weighted by Gasteiger charge is 2.28. The summed E-state index contributed by atoms with van der Waals surface area (Å²) >= 11 is 0. The van der Waals surface area contributed by atoms with E-state index in [4.69, 9.17) is 5.41 Å². The first-order valence-electron chi connectivity index (χ1n) is 7.14. The lowest BCUT2D eigenvalue weighted by molar-refractivity contribution is 0.297. The second-order valence-electron chi connectivity index (χ2n) is 5.74. The SMILES string of the molecule is C[C@H]1CCC(c2cccc3ncccc23)CC1C=N. The molecule has 3 rings (SSSR count). The summed E-state index contributed by atoms with van der Waals surface area (Å²) in [5.41, 5.74) is 2.51. The first kappa shape index (κ1) is 12.3. The lowest BCUT2D eigenvalue weighted by Crippen LogP contribution is -2.22. The molecule has 1 heterocycles. The lowest BCUT2D eigenvalue weighted by Gasteiger charge is -2.32. The molecule has 0 aliphatic heterocycles. The molecule has 0 bridgehead atoms. The van der Waals surface area contributed by atoms with E-state index in [1.807, 2.05) is 12.3 Å². The Labute approximate surface area is 114 Å². The van der Waals surface area contributed by atoms with Gasteiger partial charge in [-0.15, -0.1) is 0 Å². The number of nitrogens with zero attached hydrogens (tertiary/aromatic N) is 1. The predicted octanol–water partition coefficient (Wildman–Crippen LogP) is 4.40. The Morgan fingerprint density at radius 2 is 2.11 bits per heavy atom. The van der Waals surface area contributed by atoms with Crippen LogP contribution >= 0.6 is 0 Å². The Bertz CT molecular complexity index is 585. The van der Waals surface area contributed by atoms with Gasteiger partial charge in [0.1, 0.15) is 0 Å². The van der Waals surface area contributed by atoms with Crippen LogP contribution in [0.25, 0.3) is 10.9 Å². The van der Waals surface area contributed by atoms with E-state index in [2.05, 4.69) is 36.2 Å². The van der Waals surface area contributed by atoms with Crippen molar-refractivity contribution >= 4 is 17.1 Å². The highest BCUT2D eigenvalue weighted by atomic mass is 14.6. The average Bonchev–Trinajstić information content (AvgIpc) is 2.47. The van der Waals surface area contributed by atoms with E-state index >= 15 is 0 Å². The molecule has 1 saturated carbocycles. The van der Waals surface area contributed by atoms with Crippen molar-refractivity contribution in [3.8, 4) is 0 Å². The zero-order valence-corrected chi connectivity index (χ0v) is 11.3. The van der Waals surface area contributed by atoms with Gasteiger partial charge in [0.15, 0.2) is 0 Å². The maximum atomic E-state index is 7.61. The van der Waals surface area contributed by atoms with Gasteiger partial charge in [-0.25, -0.2) is 0 Å². The second kappa shape index (κ2) is 5.12. The topological polar surface area (TPSA) is 36.7 Å². The summed E-state index contributed by atoms with van der Waals surface area (Å²) in [4.78, 5) is 4.45. The number of nitrogens with one attached hydrogen (secondary N) is 1. The quantitative estimate of drug-likeness (QED) is 0.790. The maximum Gasteiger partial charge on any atom is 0.0704 e. The predicted molar refractivity (Wildman–Crippen MR) is 79.8 cm³/mol. The Balaban J connectivity index is 1.98. The van der Waals surface area contributed by atoms with Gasteiger partial charge in [-0.3, -0.25) is 4.98 Å². The molecule has 0 saturated heterocycles. The third kappa shape index (κ3) is 2.27. The van der Waals surface area contributed by atoms with Gasteiger partial charge in [0.25, 0.3) is 0 Å². The minimum absolute atomic E-state index is 0.436. The highest BCUT2D eigenvalue weighted by molar-refractivity contribution is 5.82. The van der Waals surface area contributed by atoms with Crippen LogP contribution in [0, 0.1) is 17.2 Å². The van der Waals surface area contributed by atoms with Crippen molar-refractivity contribution in [2.45, 2.75) is 32.1 Å². The second-order valence-corrected chi connectivity index (χ2v) is 5.74. The van der Waals surface area contributed by atoms with Crippen LogP contribution in [0.5, 0.6) is 0 Å². The lowest BCUT2D eigenvalue weighted by atomic mass is 9.72. The third-order valence-electron chi connectivity index (χ3n) is 4.59. The van der Waals surface area contributed by atoms with Gasteiger partial charge in [-0.05, 0) is 60.9 Å². The minimum Gasteiger partial charge on any atom is -0.313 e. The van der Waals surface area contributed by atoms with Crippen molar-refractivity contribution in [1.29, 1.82) is 5.41 Å². The largest absolute Gasteiger partial charge is 0.313 e.